The fourth-order valence-electron chi connectivity index (χ4n) is 2.92. The van der Waals surface area contributed by atoms with Crippen LogP contribution in [-0.4, -0.2) is 0 Å². The second kappa shape index (κ2) is 8.49. The molecule has 4 aromatic carbocycles. The lowest BCUT2D eigenvalue weighted by atomic mass is 10.00. The van der Waals surface area contributed by atoms with Crippen LogP contribution in [0.5, 0.6) is 0 Å². The Balaban J connectivity index is 1.87. The van der Waals surface area contributed by atoms with Crippen LogP contribution >= 0.6 is 31.9 Å². The minimum Gasteiger partial charge on any atom is -0.0622 e. The van der Waals surface area contributed by atoms with Gasteiger partial charge in [-0.3, -0.25) is 0 Å². The van der Waals surface area contributed by atoms with Gasteiger partial charge in [-0.1, -0.05) is 72.2 Å². The summed E-state index contributed by atoms with van der Waals surface area (Å²) in [6, 6.07) is 28.3. The molecular formula is C26H14Br2. The third-order valence-electron chi connectivity index (χ3n) is 4.31. The van der Waals surface area contributed by atoms with Gasteiger partial charge >= 0.3 is 0 Å². The lowest BCUT2D eigenvalue weighted by Gasteiger charge is -2.07. The van der Waals surface area contributed by atoms with E-state index in [0.29, 0.717) is 0 Å². The minimum atomic E-state index is 0.969. The molecular weight excluding hydrogens is 472 g/mol. The first-order chi connectivity index (χ1) is 13.7. The van der Waals surface area contributed by atoms with Crippen LogP contribution in [0, 0.1) is 23.7 Å². The number of rotatable bonds is 0. The Labute approximate surface area is 181 Å². The molecule has 0 aliphatic heterocycles. The van der Waals surface area contributed by atoms with Crippen molar-refractivity contribution in [2.75, 3.05) is 0 Å². The first-order valence-corrected chi connectivity index (χ1v) is 10.4. The molecule has 0 bridgehead atoms. The van der Waals surface area contributed by atoms with Crippen molar-refractivity contribution in [2.45, 2.75) is 0 Å². The van der Waals surface area contributed by atoms with Crippen LogP contribution in [0.25, 0.3) is 10.8 Å². The van der Waals surface area contributed by atoms with E-state index in [1.165, 1.54) is 0 Å². The van der Waals surface area contributed by atoms with E-state index in [0.717, 1.165) is 42.0 Å². The number of hydrogen-bond donors (Lipinski definition) is 0. The summed E-state index contributed by atoms with van der Waals surface area (Å²) >= 11 is 7.32. The number of halogens is 2. The summed E-state index contributed by atoms with van der Waals surface area (Å²) in [6.45, 7) is 0. The molecule has 0 radical (unpaired) electrons. The molecule has 0 spiro atoms. The second-order valence-electron chi connectivity index (χ2n) is 6.17. The Kier molecular flexibility index (Phi) is 5.63. The lowest BCUT2D eigenvalue weighted by Crippen LogP contribution is -1.88. The van der Waals surface area contributed by atoms with Gasteiger partial charge in [-0.05, 0) is 79.0 Å². The SMILES string of the molecule is Brc1ccc2c(C#Cc3ccccc3)c(Br)ccc2c1C#Cc1ccccc1. The van der Waals surface area contributed by atoms with E-state index in [2.05, 4.69) is 67.7 Å². The van der Waals surface area contributed by atoms with Crippen LogP contribution in [0.15, 0.2) is 93.9 Å². The van der Waals surface area contributed by atoms with E-state index >= 15 is 0 Å². The summed E-state index contributed by atoms with van der Waals surface area (Å²) in [4.78, 5) is 0. The Hall–Kier alpha value is -2.78. The Morgan fingerprint density at radius 2 is 0.821 bits per heavy atom. The van der Waals surface area contributed by atoms with Gasteiger partial charge in [0.15, 0.2) is 0 Å². The van der Waals surface area contributed by atoms with E-state index in [1.54, 1.807) is 0 Å². The van der Waals surface area contributed by atoms with Crippen LogP contribution in [-0.2, 0) is 0 Å². The lowest BCUT2D eigenvalue weighted by molar-refractivity contribution is 1.59. The Bertz CT molecular complexity index is 1160. The molecule has 0 fully saturated rings. The average Bonchev–Trinajstić information content (AvgIpc) is 2.74. The van der Waals surface area contributed by atoms with E-state index in [-0.39, 0.29) is 0 Å². The zero-order valence-corrected chi connectivity index (χ0v) is 18.0. The van der Waals surface area contributed by atoms with Crippen molar-refractivity contribution in [3.05, 3.63) is 116 Å². The highest BCUT2D eigenvalue weighted by Crippen LogP contribution is 2.31. The fourth-order valence-corrected chi connectivity index (χ4v) is 3.81. The van der Waals surface area contributed by atoms with Crippen molar-refractivity contribution >= 4 is 42.6 Å². The summed E-state index contributed by atoms with van der Waals surface area (Å²) in [6.07, 6.45) is 0. The van der Waals surface area contributed by atoms with Gasteiger partial charge in [0, 0.05) is 31.2 Å². The molecule has 0 aliphatic carbocycles. The molecule has 0 saturated carbocycles. The quantitative estimate of drug-likeness (QED) is 0.232. The highest BCUT2D eigenvalue weighted by atomic mass is 79.9. The standard InChI is InChI=1S/C26H14Br2/c27-25-17-16-22-21(23(25)13-11-19-7-3-1-4-8-19)15-18-26(28)24(22)14-12-20-9-5-2-6-10-20/h1-10,15-18H. The predicted octanol–water partition coefficient (Wildman–Crippen LogP) is 7.16. The summed E-state index contributed by atoms with van der Waals surface area (Å²) in [5, 5.41) is 2.16. The highest BCUT2D eigenvalue weighted by molar-refractivity contribution is 9.10. The van der Waals surface area contributed by atoms with Crippen LogP contribution in [0.1, 0.15) is 22.3 Å². The van der Waals surface area contributed by atoms with E-state index in [4.69, 9.17) is 0 Å². The van der Waals surface area contributed by atoms with Crippen molar-refractivity contribution in [1.29, 1.82) is 0 Å². The van der Waals surface area contributed by atoms with E-state index in [9.17, 15) is 0 Å². The summed E-state index contributed by atoms with van der Waals surface area (Å²) < 4.78 is 1.96. The van der Waals surface area contributed by atoms with E-state index in [1.807, 2.05) is 72.8 Å². The topological polar surface area (TPSA) is 0 Å². The molecule has 0 saturated heterocycles. The monoisotopic (exact) mass is 484 g/mol. The molecule has 4 rings (SSSR count). The zero-order chi connectivity index (χ0) is 19.3. The largest absolute Gasteiger partial charge is 0.0622 e. The van der Waals surface area contributed by atoms with Crippen LogP contribution in [0.3, 0.4) is 0 Å². The van der Waals surface area contributed by atoms with Crippen LogP contribution < -0.4 is 0 Å². The van der Waals surface area contributed by atoms with Crippen molar-refractivity contribution in [2.24, 2.45) is 0 Å². The van der Waals surface area contributed by atoms with Gasteiger partial charge in [-0.25, -0.2) is 0 Å². The molecule has 0 heterocycles. The van der Waals surface area contributed by atoms with Gasteiger partial charge in [-0.15, -0.1) is 0 Å². The number of hydrogen-bond acceptors (Lipinski definition) is 0. The van der Waals surface area contributed by atoms with Gasteiger partial charge < -0.3 is 0 Å². The zero-order valence-electron chi connectivity index (χ0n) is 14.8. The van der Waals surface area contributed by atoms with Crippen LogP contribution in [0.2, 0.25) is 0 Å². The molecule has 0 nitrogen and oxygen atoms in total. The average molecular weight is 486 g/mol. The third kappa shape index (κ3) is 4.05. The second-order valence-corrected chi connectivity index (χ2v) is 7.88. The highest BCUT2D eigenvalue weighted by Gasteiger charge is 2.09. The van der Waals surface area contributed by atoms with Crippen molar-refractivity contribution in [3.63, 3.8) is 0 Å². The summed E-state index contributed by atoms with van der Waals surface area (Å²) in [5.74, 6) is 13.2. The predicted molar refractivity (Wildman–Crippen MR) is 124 cm³/mol. The molecule has 0 aliphatic rings. The number of fused-ring (bicyclic) bond motifs is 1. The number of benzene rings is 4. The Morgan fingerprint density at radius 3 is 1.21 bits per heavy atom. The molecule has 0 aromatic heterocycles. The van der Waals surface area contributed by atoms with Gasteiger partial charge in [0.05, 0.1) is 0 Å². The van der Waals surface area contributed by atoms with Crippen molar-refractivity contribution in [1.82, 2.24) is 0 Å². The van der Waals surface area contributed by atoms with Crippen molar-refractivity contribution in [3.8, 4) is 23.7 Å². The first kappa shape index (κ1) is 18.6. The molecule has 0 amide bonds. The summed E-state index contributed by atoms with van der Waals surface area (Å²) in [7, 11) is 0. The summed E-state index contributed by atoms with van der Waals surface area (Å²) in [5.41, 5.74) is 3.92. The van der Waals surface area contributed by atoms with Gasteiger partial charge in [-0.2, -0.15) is 0 Å². The van der Waals surface area contributed by atoms with E-state index < -0.39 is 0 Å². The Morgan fingerprint density at radius 1 is 0.429 bits per heavy atom. The van der Waals surface area contributed by atoms with Gasteiger partial charge in [0.25, 0.3) is 0 Å². The fraction of sp³-hybridized carbons (Fsp3) is 0. The molecule has 0 unspecified atom stereocenters. The maximum absolute atomic E-state index is 3.66. The molecule has 0 N–H and O–H groups in total. The maximum Gasteiger partial charge on any atom is 0.0470 e. The molecule has 132 valence electrons. The smallest absolute Gasteiger partial charge is 0.0470 e. The molecule has 28 heavy (non-hydrogen) atoms. The van der Waals surface area contributed by atoms with Gasteiger partial charge in [0.2, 0.25) is 0 Å². The van der Waals surface area contributed by atoms with Crippen LogP contribution in [0.4, 0.5) is 0 Å². The minimum absolute atomic E-state index is 0.969. The molecule has 2 heteroatoms. The third-order valence-corrected chi connectivity index (χ3v) is 5.63. The normalized spacial score (nSPS) is 9.93. The maximum atomic E-state index is 3.66. The molecule has 4 aromatic rings. The first-order valence-electron chi connectivity index (χ1n) is 8.77. The van der Waals surface area contributed by atoms with Crippen molar-refractivity contribution < 1.29 is 0 Å². The van der Waals surface area contributed by atoms with Gasteiger partial charge in [0.1, 0.15) is 0 Å². The molecule has 0 atom stereocenters.